The first-order valence-electron chi connectivity index (χ1n) is 7.14. The lowest BCUT2D eigenvalue weighted by Crippen LogP contribution is -2.04. The zero-order valence-corrected chi connectivity index (χ0v) is 12.1. The molecule has 3 rings (SSSR count). The van der Waals surface area contributed by atoms with E-state index >= 15 is 0 Å². The lowest BCUT2D eigenvalue weighted by atomic mass is 10.0. The van der Waals surface area contributed by atoms with Gasteiger partial charge in [-0.3, -0.25) is 4.68 Å². The van der Waals surface area contributed by atoms with Crippen LogP contribution in [0.5, 0.6) is 0 Å². The third-order valence-electron chi connectivity index (χ3n) is 3.57. The van der Waals surface area contributed by atoms with Gasteiger partial charge in [0.1, 0.15) is 0 Å². The minimum Gasteiger partial charge on any atom is -0.324 e. The Labute approximate surface area is 125 Å². The minimum absolute atomic E-state index is 0.0457. The second-order valence-corrected chi connectivity index (χ2v) is 5.33. The molecule has 0 saturated carbocycles. The molecule has 106 valence electrons. The Hall–Kier alpha value is -2.39. The highest BCUT2D eigenvalue weighted by Crippen LogP contribution is 2.22. The van der Waals surface area contributed by atoms with E-state index < -0.39 is 0 Å². The smallest absolute Gasteiger partial charge is 0.0659 e. The summed E-state index contributed by atoms with van der Waals surface area (Å²) < 4.78 is 1.96. The van der Waals surface area contributed by atoms with Gasteiger partial charge in [0.05, 0.1) is 12.7 Å². The summed E-state index contributed by atoms with van der Waals surface area (Å²) in [6, 6.07) is 18.7. The summed E-state index contributed by atoms with van der Waals surface area (Å²) in [6.07, 6.45) is 3.98. The SMILES string of the molecule is CC(N)c1cccc(-c2cnn(Cc3ccccc3)c2)c1. The molecular weight excluding hydrogens is 258 g/mol. The summed E-state index contributed by atoms with van der Waals surface area (Å²) in [4.78, 5) is 0. The van der Waals surface area contributed by atoms with E-state index in [1.807, 2.05) is 42.1 Å². The molecule has 3 nitrogen and oxygen atoms in total. The molecule has 1 unspecified atom stereocenters. The van der Waals surface area contributed by atoms with Crippen LogP contribution < -0.4 is 5.73 Å². The largest absolute Gasteiger partial charge is 0.324 e. The van der Waals surface area contributed by atoms with Crippen molar-refractivity contribution in [2.75, 3.05) is 0 Å². The van der Waals surface area contributed by atoms with Crippen molar-refractivity contribution in [2.24, 2.45) is 5.73 Å². The Morgan fingerprint density at radius 1 is 1.05 bits per heavy atom. The first-order chi connectivity index (χ1) is 10.2. The van der Waals surface area contributed by atoms with Crippen LogP contribution in [0.1, 0.15) is 24.1 Å². The monoisotopic (exact) mass is 277 g/mol. The fourth-order valence-corrected chi connectivity index (χ4v) is 2.37. The predicted molar refractivity (Wildman–Crippen MR) is 85.8 cm³/mol. The van der Waals surface area contributed by atoms with Crippen molar-refractivity contribution in [1.82, 2.24) is 9.78 Å². The summed E-state index contributed by atoms with van der Waals surface area (Å²) in [6.45, 7) is 2.78. The van der Waals surface area contributed by atoms with Crippen molar-refractivity contribution >= 4 is 0 Å². The lowest BCUT2D eigenvalue weighted by molar-refractivity contribution is 0.687. The molecule has 3 aromatic rings. The molecule has 0 fully saturated rings. The van der Waals surface area contributed by atoms with Crippen LogP contribution in [-0.2, 0) is 6.54 Å². The van der Waals surface area contributed by atoms with E-state index in [9.17, 15) is 0 Å². The van der Waals surface area contributed by atoms with Crippen LogP contribution in [0, 0.1) is 0 Å². The second kappa shape index (κ2) is 5.94. The minimum atomic E-state index is 0.0457. The molecule has 0 aliphatic heterocycles. The van der Waals surface area contributed by atoms with E-state index in [0.717, 1.165) is 23.2 Å². The molecule has 0 spiro atoms. The van der Waals surface area contributed by atoms with Crippen molar-refractivity contribution in [2.45, 2.75) is 19.5 Å². The van der Waals surface area contributed by atoms with E-state index in [1.165, 1.54) is 5.56 Å². The maximum atomic E-state index is 5.95. The van der Waals surface area contributed by atoms with Gasteiger partial charge in [0.25, 0.3) is 0 Å². The van der Waals surface area contributed by atoms with E-state index in [4.69, 9.17) is 5.73 Å². The van der Waals surface area contributed by atoms with Crippen molar-refractivity contribution in [3.63, 3.8) is 0 Å². The van der Waals surface area contributed by atoms with Crippen molar-refractivity contribution in [3.05, 3.63) is 78.1 Å². The molecule has 21 heavy (non-hydrogen) atoms. The number of benzene rings is 2. The quantitative estimate of drug-likeness (QED) is 0.791. The lowest BCUT2D eigenvalue weighted by Gasteiger charge is -2.07. The number of nitrogens with two attached hydrogens (primary N) is 1. The van der Waals surface area contributed by atoms with Gasteiger partial charge in [0, 0.05) is 17.8 Å². The molecule has 0 radical (unpaired) electrons. The van der Waals surface area contributed by atoms with Gasteiger partial charge in [0.15, 0.2) is 0 Å². The summed E-state index contributed by atoms with van der Waals surface area (Å²) >= 11 is 0. The zero-order chi connectivity index (χ0) is 14.7. The molecule has 2 aromatic carbocycles. The van der Waals surface area contributed by atoms with Crippen LogP contribution in [0.4, 0.5) is 0 Å². The van der Waals surface area contributed by atoms with Gasteiger partial charge in [0.2, 0.25) is 0 Å². The van der Waals surface area contributed by atoms with Gasteiger partial charge in [-0.05, 0) is 29.7 Å². The number of hydrogen-bond acceptors (Lipinski definition) is 2. The normalized spacial score (nSPS) is 12.3. The summed E-state index contributed by atoms with van der Waals surface area (Å²) in [5.74, 6) is 0. The van der Waals surface area contributed by atoms with Crippen molar-refractivity contribution < 1.29 is 0 Å². The van der Waals surface area contributed by atoms with Gasteiger partial charge in [-0.2, -0.15) is 5.10 Å². The van der Waals surface area contributed by atoms with Gasteiger partial charge < -0.3 is 5.73 Å². The number of nitrogens with zero attached hydrogens (tertiary/aromatic N) is 2. The van der Waals surface area contributed by atoms with E-state index in [1.54, 1.807) is 0 Å². The van der Waals surface area contributed by atoms with Crippen molar-refractivity contribution in [3.8, 4) is 11.1 Å². The highest BCUT2D eigenvalue weighted by Gasteiger charge is 2.05. The van der Waals surface area contributed by atoms with Gasteiger partial charge >= 0.3 is 0 Å². The number of aromatic nitrogens is 2. The van der Waals surface area contributed by atoms with Gasteiger partial charge in [-0.25, -0.2) is 0 Å². The Morgan fingerprint density at radius 2 is 1.86 bits per heavy atom. The third-order valence-corrected chi connectivity index (χ3v) is 3.57. The van der Waals surface area contributed by atoms with Crippen molar-refractivity contribution in [1.29, 1.82) is 0 Å². The first-order valence-corrected chi connectivity index (χ1v) is 7.14. The average Bonchev–Trinajstić information content (AvgIpc) is 2.97. The fourth-order valence-electron chi connectivity index (χ4n) is 2.37. The molecule has 1 atom stereocenters. The Balaban J connectivity index is 1.83. The average molecular weight is 277 g/mol. The molecule has 2 N–H and O–H groups in total. The highest BCUT2D eigenvalue weighted by molar-refractivity contribution is 5.62. The molecule has 3 heteroatoms. The maximum Gasteiger partial charge on any atom is 0.0659 e. The van der Waals surface area contributed by atoms with E-state index in [-0.39, 0.29) is 6.04 Å². The van der Waals surface area contributed by atoms with Crippen LogP contribution in [0.2, 0.25) is 0 Å². The van der Waals surface area contributed by atoms with Crippen LogP contribution >= 0.6 is 0 Å². The summed E-state index contributed by atoms with van der Waals surface area (Å²) in [7, 11) is 0. The summed E-state index contributed by atoms with van der Waals surface area (Å²) in [5.41, 5.74) is 10.6. The van der Waals surface area contributed by atoms with Gasteiger partial charge in [-0.15, -0.1) is 0 Å². The Kier molecular flexibility index (Phi) is 3.84. The van der Waals surface area contributed by atoms with Gasteiger partial charge in [-0.1, -0.05) is 48.5 Å². The summed E-state index contributed by atoms with van der Waals surface area (Å²) in [5, 5.41) is 4.45. The van der Waals surface area contributed by atoms with Crippen LogP contribution in [-0.4, -0.2) is 9.78 Å². The molecule has 0 amide bonds. The molecule has 0 aliphatic rings. The zero-order valence-electron chi connectivity index (χ0n) is 12.1. The van der Waals surface area contributed by atoms with E-state index in [2.05, 4.69) is 41.6 Å². The Morgan fingerprint density at radius 3 is 2.62 bits per heavy atom. The van der Waals surface area contributed by atoms with Crippen LogP contribution in [0.25, 0.3) is 11.1 Å². The third kappa shape index (κ3) is 3.20. The molecule has 0 bridgehead atoms. The van der Waals surface area contributed by atoms with E-state index in [0.29, 0.717) is 0 Å². The standard InChI is InChI=1S/C18H19N3/c1-14(19)16-8-5-9-17(10-16)18-11-20-21(13-18)12-15-6-3-2-4-7-15/h2-11,13-14H,12,19H2,1H3. The van der Waals surface area contributed by atoms with Crippen LogP contribution in [0.3, 0.4) is 0 Å². The molecule has 1 aromatic heterocycles. The fraction of sp³-hybridized carbons (Fsp3) is 0.167. The number of hydrogen-bond donors (Lipinski definition) is 1. The highest BCUT2D eigenvalue weighted by atomic mass is 15.3. The molecule has 0 saturated heterocycles. The number of rotatable bonds is 4. The molecule has 0 aliphatic carbocycles. The van der Waals surface area contributed by atoms with Crippen LogP contribution in [0.15, 0.2) is 67.0 Å². The topological polar surface area (TPSA) is 43.8 Å². The first kappa shape index (κ1) is 13.6. The second-order valence-electron chi connectivity index (χ2n) is 5.33. The predicted octanol–water partition coefficient (Wildman–Crippen LogP) is 3.62. The Bertz CT molecular complexity index is 714. The molecular formula is C18H19N3. The molecule has 1 heterocycles. The maximum absolute atomic E-state index is 5.95.